The van der Waals surface area contributed by atoms with Crippen LogP contribution in [-0.2, 0) is 19.6 Å². The van der Waals surface area contributed by atoms with Gasteiger partial charge in [-0.15, -0.1) is 0 Å². The normalized spacial score (nSPS) is 12.7. The van der Waals surface area contributed by atoms with Crippen LogP contribution in [0.15, 0.2) is 60.8 Å². The standard InChI is InChI=1S/C24H27F3N2/c1-17(2)18(3)29(15-20-8-11-22(26)13-24(20)27)16-23-5-4-12-28(23)14-19-6-9-21(25)10-7-19/h4-13,17-18H,14-16H2,1-3H3/t18-/m0/s1. The van der Waals surface area contributed by atoms with Crippen molar-refractivity contribution in [2.45, 2.75) is 46.4 Å². The van der Waals surface area contributed by atoms with Gasteiger partial charge < -0.3 is 4.57 Å². The van der Waals surface area contributed by atoms with Crippen molar-refractivity contribution in [3.63, 3.8) is 0 Å². The molecule has 0 aliphatic heterocycles. The van der Waals surface area contributed by atoms with Gasteiger partial charge in [0.05, 0.1) is 0 Å². The van der Waals surface area contributed by atoms with Crippen molar-refractivity contribution in [3.8, 4) is 0 Å². The van der Waals surface area contributed by atoms with Crippen LogP contribution in [0.25, 0.3) is 0 Å². The minimum atomic E-state index is -0.567. The van der Waals surface area contributed by atoms with Crippen molar-refractivity contribution >= 4 is 0 Å². The quantitative estimate of drug-likeness (QED) is 0.450. The van der Waals surface area contributed by atoms with Crippen molar-refractivity contribution in [2.24, 2.45) is 5.92 Å². The number of rotatable bonds is 8. The second-order valence-electron chi connectivity index (χ2n) is 7.88. The van der Waals surface area contributed by atoms with Gasteiger partial charge in [-0.3, -0.25) is 4.90 Å². The molecular weight excluding hydrogens is 373 g/mol. The van der Waals surface area contributed by atoms with E-state index in [9.17, 15) is 13.2 Å². The minimum Gasteiger partial charge on any atom is -0.346 e. The molecule has 1 atom stereocenters. The summed E-state index contributed by atoms with van der Waals surface area (Å²) in [6, 6.07) is 14.5. The van der Waals surface area contributed by atoms with E-state index in [1.807, 2.05) is 18.3 Å². The molecule has 3 rings (SSSR count). The number of benzene rings is 2. The number of nitrogens with zero attached hydrogens (tertiary/aromatic N) is 2. The molecule has 0 N–H and O–H groups in total. The van der Waals surface area contributed by atoms with Gasteiger partial charge in [-0.25, -0.2) is 13.2 Å². The third-order valence-corrected chi connectivity index (χ3v) is 5.48. The Morgan fingerprint density at radius 3 is 2.21 bits per heavy atom. The van der Waals surface area contributed by atoms with Gasteiger partial charge in [0.15, 0.2) is 0 Å². The van der Waals surface area contributed by atoms with Gasteiger partial charge >= 0.3 is 0 Å². The van der Waals surface area contributed by atoms with E-state index in [1.54, 1.807) is 12.1 Å². The van der Waals surface area contributed by atoms with Gasteiger partial charge in [0.2, 0.25) is 0 Å². The van der Waals surface area contributed by atoms with Gasteiger partial charge in [-0.05, 0) is 48.7 Å². The topological polar surface area (TPSA) is 8.17 Å². The fourth-order valence-electron chi connectivity index (χ4n) is 3.38. The Bertz CT molecular complexity index is 932. The summed E-state index contributed by atoms with van der Waals surface area (Å²) in [5, 5.41) is 0. The van der Waals surface area contributed by atoms with Crippen LogP contribution in [0.1, 0.15) is 37.6 Å². The van der Waals surface area contributed by atoms with Gasteiger partial charge in [-0.1, -0.05) is 32.0 Å². The van der Waals surface area contributed by atoms with Crippen molar-refractivity contribution in [1.29, 1.82) is 0 Å². The van der Waals surface area contributed by atoms with E-state index >= 15 is 0 Å². The zero-order chi connectivity index (χ0) is 21.0. The first-order valence-corrected chi connectivity index (χ1v) is 9.90. The number of hydrogen-bond donors (Lipinski definition) is 0. The maximum absolute atomic E-state index is 14.3. The van der Waals surface area contributed by atoms with Crippen LogP contribution < -0.4 is 0 Å². The fraction of sp³-hybridized carbons (Fsp3) is 0.333. The maximum Gasteiger partial charge on any atom is 0.130 e. The zero-order valence-corrected chi connectivity index (χ0v) is 17.1. The van der Waals surface area contributed by atoms with Gasteiger partial charge in [0.1, 0.15) is 17.5 Å². The highest BCUT2D eigenvalue weighted by molar-refractivity contribution is 5.20. The highest BCUT2D eigenvalue weighted by atomic mass is 19.1. The van der Waals surface area contributed by atoms with Crippen LogP contribution in [0.3, 0.4) is 0 Å². The van der Waals surface area contributed by atoms with Gasteiger partial charge in [0, 0.05) is 49.2 Å². The average Bonchev–Trinajstić information content (AvgIpc) is 3.11. The van der Waals surface area contributed by atoms with Crippen molar-refractivity contribution in [2.75, 3.05) is 0 Å². The Hall–Kier alpha value is -2.53. The number of hydrogen-bond acceptors (Lipinski definition) is 1. The predicted octanol–water partition coefficient (Wildman–Crippen LogP) is 6.00. The number of halogens is 3. The summed E-state index contributed by atoms with van der Waals surface area (Å²) in [5.74, 6) is -0.964. The van der Waals surface area contributed by atoms with E-state index in [-0.39, 0.29) is 11.9 Å². The molecule has 0 spiro atoms. The first-order chi connectivity index (χ1) is 13.8. The summed E-state index contributed by atoms with van der Waals surface area (Å²) < 4.78 is 42.8. The van der Waals surface area contributed by atoms with E-state index in [0.717, 1.165) is 17.3 Å². The molecule has 0 saturated heterocycles. The summed E-state index contributed by atoms with van der Waals surface area (Å²) in [6.07, 6.45) is 2.00. The molecule has 29 heavy (non-hydrogen) atoms. The monoisotopic (exact) mass is 400 g/mol. The first kappa shape index (κ1) is 21.2. The molecule has 154 valence electrons. The molecule has 0 aliphatic carbocycles. The smallest absolute Gasteiger partial charge is 0.130 e. The van der Waals surface area contributed by atoms with Crippen LogP contribution in [0.5, 0.6) is 0 Å². The maximum atomic E-state index is 14.3. The summed E-state index contributed by atoms with van der Waals surface area (Å²) in [7, 11) is 0. The Balaban J connectivity index is 1.81. The van der Waals surface area contributed by atoms with E-state index < -0.39 is 11.6 Å². The Labute approximate surface area is 170 Å². The van der Waals surface area contributed by atoms with Crippen LogP contribution in [-0.4, -0.2) is 15.5 Å². The molecule has 1 heterocycles. The van der Waals surface area contributed by atoms with Crippen LogP contribution in [0, 0.1) is 23.4 Å². The molecular formula is C24H27F3N2. The average molecular weight is 400 g/mol. The summed E-state index contributed by atoms with van der Waals surface area (Å²) in [5.41, 5.74) is 2.58. The summed E-state index contributed by atoms with van der Waals surface area (Å²) >= 11 is 0. The van der Waals surface area contributed by atoms with Crippen molar-refractivity contribution in [1.82, 2.24) is 9.47 Å². The van der Waals surface area contributed by atoms with Crippen LogP contribution >= 0.6 is 0 Å². The van der Waals surface area contributed by atoms with Gasteiger partial charge in [0.25, 0.3) is 0 Å². The largest absolute Gasteiger partial charge is 0.346 e. The van der Waals surface area contributed by atoms with Crippen LogP contribution in [0.2, 0.25) is 0 Å². The third-order valence-electron chi connectivity index (χ3n) is 5.48. The molecule has 0 amide bonds. The molecule has 0 radical (unpaired) electrons. The predicted molar refractivity (Wildman–Crippen MR) is 110 cm³/mol. The Kier molecular flexibility index (Phi) is 6.80. The molecule has 0 unspecified atom stereocenters. The SMILES string of the molecule is CC(C)[C@H](C)N(Cc1ccc(F)cc1F)Cc1cccn1Cc1ccc(F)cc1. The lowest BCUT2D eigenvalue weighted by atomic mass is 10.0. The third kappa shape index (κ3) is 5.51. The van der Waals surface area contributed by atoms with Crippen molar-refractivity contribution in [3.05, 3.63) is 95.1 Å². The highest BCUT2D eigenvalue weighted by Crippen LogP contribution is 2.21. The lowest BCUT2D eigenvalue weighted by Gasteiger charge is -2.32. The van der Waals surface area contributed by atoms with E-state index in [2.05, 4.69) is 30.2 Å². The molecule has 0 bridgehead atoms. The Morgan fingerprint density at radius 1 is 0.862 bits per heavy atom. The molecule has 1 aromatic heterocycles. The lowest BCUT2D eigenvalue weighted by Crippen LogP contribution is -2.36. The van der Waals surface area contributed by atoms with Crippen molar-refractivity contribution < 1.29 is 13.2 Å². The fourth-order valence-corrected chi connectivity index (χ4v) is 3.38. The molecule has 0 fully saturated rings. The van der Waals surface area contributed by atoms with E-state index in [1.165, 1.54) is 24.3 Å². The summed E-state index contributed by atoms with van der Waals surface area (Å²) in [6.45, 7) is 8.06. The van der Waals surface area contributed by atoms with Gasteiger partial charge in [-0.2, -0.15) is 0 Å². The van der Waals surface area contributed by atoms with E-state index in [4.69, 9.17) is 0 Å². The molecule has 2 nitrogen and oxygen atoms in total. The number of aromatic nitrogens is 1. The molecule has 3 aromatic rings. The Morgan fingerprint density at radius 2 is 1.55 bits per heavy atom. The molecule has 5 heteroatoms. The highest BCUT2D eigenvalue weighted by Gasteiger charge is 2.20. The zero-order valence-electron chi connectivity index (χ0n) is 17.1. The molecule has 0 aliphatic rings. The first-order valence-electron chi connectivity index (χ1n) is 9.90. The van der Waals surface area contributed by atoms with E-state index in [0.29, 0.717) is 31.1 Å². The van der Waals surface area contributed by atoms with Crippen LogP contribution in [0.4, 0.5) is 13.2 Å². The lowest BCUT2D eigenvalue weighted by molar-refractivity contribution is 0.146. The minimum absolute atomic E-state index is 0.202. The second-order valence-corrected chi connectivity index (χ2v) is 7.88. The summed E-state index contributed by atoms with van der Waals surface area (Å²) in [4.78, 5) is 2.21. The molecule has 2 aromatic carbocycles. The second kappa shape index (κ2) is 9.31. The molecule has 0 saturated carbocycles.